The number of ether oxygens (including phenoxy) is 2. The van der Waals surface area contributed by atoms with Gasteiger partial charge in [-0.2, -0.15) is 0 Å². The highest BCUT2D eigenvalue weighted by molar-refractivity contribution is 4.40. The summed E-state index contributed by atoms with van der Waals surface area (Å²) in [5, 5.41) is 9.89. The summed E-state index contributed by atoms with van der Waals surface area (Å²) in [6.07, 6.45) is 5.48. The lowest BCUT2D eigenvalue weighted by Gasteiger charge is -2.02. The maximum absolute atomic E-state index is 9.89. The molecule has 1 radical (unpaired) electrons. The number of hydrogen-bond acceptors (Lipinski definition) is 2. The Morgan fingerprint density at radius 2 is 1.46 bits per heavy atom. The number of unbranched alkanes of at least 4 members (excludes halogenated alkanes) is 3. The Morgan fingerprint density at radius 1 is 0.846 bits per heavy atom. The molecule has 13 heavy (non-hydrogen) atoms. The molecule has 0 N–H and O–H groups in total. The van der Waals surface area contributed by atoms with E-state index in [0.29, 0.717) is 6.61 Å². The van der Waals surface area contributed by atoms with Crippen LogP contribution in [-0.4, -0.2) is 26.6 Å². The Bertz CT molecular complexity index is 76.2. The van der Waals surface area contributed by atoms with Crippen molar-refractivity contribution in [2.75, 3.05) is 26.6 Å². The predicted octanol–water partition coefficient (Wildman–Crippen LogP) is 2.38. The minimum Gasteiger partial charge on any atom is -0.381 e. The van der Waals surface area contributed by atoms with Crippen LogP contribution in [0.4, 0.5) is 0 Å². The average molecular weight is 189 g/mol. The molecule has 0 heterocycles. The fourth-order valence-corrected chi connectivity index (χ4v) is 0.992. The molecule has 79 valence electrons. The molecule has 0 fully saturated rings. The SMILES string of the molecule is CCCCOCCCCCOC[O]. The van der Waals surface area contributed by atoms with Crippen molar-refractivity contribution in [3.63, 3.8) is 0 Å². The predicted molar refractivity (Wildman–Crippen MR) is 51.1 cm³/mol. The fraction of sp³-hybridized carbons (Fsp3) is 1.00. The van der Waals surface area contributed by atoms with Crippen LogP contribution in [0.15, 0.2) is 0 Å². The Morgan fingerprint density at radius 3 is 2.08 bits per heavy atom. The van der Waals surface area contributed by atoms with Gasteiger partial charge in [0.25, 0.3) is 0 Å². The average Bonchev–Trinajstić information content (AvgIpc) is 2.16. The third-order valence-corrected chi connectivity index (χ3v) is 1.80. The van der Waals surface area contributed by atoms with Gasteiger partial charge in [0.05, 0.1) is 0 Å². The Balaban J connectivity index is 2.76. The summed E-state index contributed by atoms with van der Waals surface area (Å²) in [5.74, 6) is 0. The van der Waals surface area contributed by atoms with E-state index in [-0.39, 0.29) is 0 Å². The van der Waals surface area contributed by atoms with E-state index in [0.717, 1.165) is 38.9 Å². The van der Waals surface area contributed by atoms with Crippen molar-refractivity contribution in [1.29, 1.82) is 0 Å². The van der Waals surface area contributed by atoms with Gasteiger partial charge in [-0.1, -0.05) is 13.3 Å². The second-order valence-electron chi connectivity index (χ2n) is 3.05. The minimum atomic E-state index is -0.410. The van der Waals surface area contributed by atoms with E-state index in [9.17, 15) is 5.11 Å². The summed E-state index contributed by atoms with van der Waals surface area (Å²) in [6.45, 7) is 4.07. The molecular weight excluding hydrogens is 168 g/mol. The minimum absolute atomic E-state index is 0.410. The van der Waals surface area contributed by atoms with Crippen LogP contribution in [0.3, 0.4) is 0 Å². The molecule has 3 heteroatoms. The van der Waals surface area contributed by atoms with Crippen LogP contribution in [0, 0.1) is 0 Å². The van der Waals surface area contributed by atoms with E-state index >= 15 is 0 Å². The van der Waals surface area contributed by atoms with E-state index in [1.165, 1.54) is 6.42 Å². The second-order valence-corrected chi connectivity index (χ2v) is 3.05. The summed E-state index contributed by atoms with van der Waals surface area (Å²) < 4.78 is 10.1. The molecule has 3 nitrogen and oxygen atoms in total. The maximum atomic E-state index is 9.89. The van der Waals surface area contributed by atoms with E-state index in [2.05, 4.69) is 11.7 Å². The van der Waals surface area contributed by atoms with Crippen molar-refractivity contribution in [2.45, 2.75) is 39.0 Å². The first-order valence-electron chi connectivity index (χ1n) is 5.15. The summed E-state index contributed by atoms with van der Waals surface area (Å²) in [4.78, 5) is 0. The lowest BCUT2D eigenvalue weighted by Crippen LogP contribution is -1.98. The van der Waals surface area contributed by atoms with Crippen LogP contribution in [0.2, 0.25) is 0 Å². The molecule has 0 aliphatic carbocycles. The lowest BCUT2D eigenvalue weighted by atomic mass is 10.2. The molecule has 0 spiro atoms. The fourth-order valence-electron chi connectivity index (χ4n) is 0.992. The first-order valence-corrected chi connectivity index (χ1v) is 5.15. The number of rotatable bonds is 10. The normalized spacial score (nSPS) is 10.6. The molecule has 0 bridgehead atoms. The summed E-state index contributed by atoms with van der Waals surface area (Å²) >= 11 is 0. The highest BCUT2D eigenvalue weighted by Gasteiger charge is 1.90. The standard InChI is InChI=1S/C10H21O3/c1-2-3-7-12-8-5-4-6-9-13-10-11/h2-10H2,1H3. The van der Waals surface area contributed by atoms with Gasteiger partial charge in [0, 0.05) is 19.8 Å². The van der Waals surface area contributed by atoms with Gasteiger partial charge in [-0.05, 0) is 25.7 Å². The Labute approximate surface area is 81.0 Å². The smallest absolute Gasteiger partial charge is 0.180 e. The van der Waals surface area contributed by atoms with Crippen molar-refractivity contribution in [3.05, 3.63) is 0 Å². The van der Waals surface area contributed by atoms with Crippen molar-refractivity contribution in [2.24, 2.45) is 0 Å². The largest absolute Gasteiger partial charge is 0.381 e. The van der Waals surface area contributed by atoms with E-state index < -0.39 is 6.79 Å². The van der Waals surface area contributed by atoms with Gasteiger partial charge < -0.3 is 9.47 Å². The molecule has 0 saturated carbocycles. The van der Waals surface area contributed by atoms with Gasteiger partial charge in [-0.15, -0.1) is 0 Å². The topological polar surface area (TPSA) is 38.4 Å². The van der Waals surface area contributed by atoms with Gasteiger partial charge in [0.15, 0.2) is 6.79 Å². The Hall–Kier alpha value is -0.120. The highest BCUT2D eigenvalue weighted by Crippen LogP contribution is 1.97. The number of hydrogen-bond donors (Lipinski definition) is 0. The molecule has 0 aromatic rings. The molecule has 0 amide bonds. The molecular formula is C10H21O3. The van der Waals surface area contributed by atoms with Crippen LogP contribution < -0.4 is 0 Å². The third kappa shape index (κ3) is 11.9. The zero-order valence-corrected chi connectivity index (χ0v) is 8.59. The molecule has 0 rings (SSSR count). The maximum Gasteiger partial charge on any atom is 0.180 e. The Kier molecular flexibility index (Phi) is 11.8. The van der Waals surface area contributed by atoms with Gasteiger partial charge in [-0.3, -0.25) is 0 Å². The van der Waals surface area contributed by atoms with Crippen LogP contribution in [-0.2, 0) is 14.6 Å². The molecule has 0 aliphatic rings. The highest BCUT2D eigenvalue weighted by atomic mass is 16.6. The molecule has 0 aliphatic heterocycles. The van der Waals surface area contributed by atoms with Gasteiger partial charge >= 0.3 is 0 Å². The van der Waals surface area contributed by atoms with Crippen molar-refractivity contribution in [3.8, 4) is 0 Å². The summed E-state index contributed by atoms with van der Waals surface area (Å²) in [5.41, 5.74) is 0. The zero-order chi connectivity index (χ0) is 9.78. The van der Waals surface area contributed by atoms with Gasteiger partial charge in [0.2, 0.25) is 0 Å². The van der Waals surface area contributed by atoms with E-state index in [1.807, 2.05) is 0 Å². The van der Waals surface area contributed by atoms with Gasteiger partial charge in [0.1, 0.15) is 0 Å². The molecule has 0 saturated heterocycles. The van der Waals surface area contributed by atoms with Crippen LogP contribution in [0.25, 0.3) is 0 Å². The monoisotopic (exact) mass is 189 g/mol. The quantitative estimate of drug-likeness (QED) is 0.391. The molecule has 0 atom stereocenters. The van der Waals surface area contributed by atoms with E-state index in [1.54, 1.807) is 0 Å². The van der Waals surface area contributed by atoms with Gasteiger partial charge in [-0.25, -0.2) is 5.11 Å². The summed E-state index contributed by atoms with van der Waals surface area (Å²) in [7, 11) is 0. The van der Waals surface area contributed by atoms with Crippen LogP contribution in [0.1, 0.15) is 39.0 Å². The molecule has 0 aromatic carbocycles. The van der Waals surface area contributed by atoms with Crippen LogP contribution in [0.5, 0.6) is 0 Å². The van der Waals surface area contributed by atoms with Crippen LogP contribution >= 0.6 is 0 Å². The van der Waals surface area contributed by atoms with Crippen molar-refractivity contribution in [1.82, 2.24) is 0 Å². The van der Waals surface area contributed by atoms with Crippen molar-refractivity contribution >= 4 is 0 Å². The summed E-state index contributed by atoms with van der Waals surface area (Å²) in [6, 6.07) is 0. The third-order valence-electron chi connectivity index (χ3n) is 1.80. The second kappa shape index (κ2) is 11.9. The molecule has 0 unspecified atom stereocenters. The van der Waals surface area contributed by atoms with E-state index in [4.69, 9.17) is 4.74 Å². The zero-order valence-electron chi connectivity index (χ0n) is 8.59. The first-order chi connectivity index (χ1) is 6.41. The lowest BCUT2D eigenvalue weighted by molar-refractivity contribution is -0.0449. The molecule has 0 aromatic heterocycles. The van der Waals surface area contributed by atoms with Crippen molar-refractivity contribution < 1.29 is 14.6 Å². The first kappa shape index (κ1) is 12.9.